The van der Waals surface area contributed by atoms with Gasteiger partial charge in [0.05, 0.1) is 6.10 Å². The SMILES string of the molecule is CCCC1CCC(NCC(O)c2ccc(Cl)cc2)CC1. The van der Waals surface area contributed by atoms with Gasteiger partial charge in [0.2, 0.25) is 0 Å². The second kappa shape index (κ2) is 8.02. The molecule has 1 atom stereocenters. The molecule has 1 aromatic carbocycles. The molecule has 1 fully saturated rings. The topological polar surface area (TPSA) is 32.3 Å². The Kier molecular flexibility index (Phi) is 6.34. The first-order chi connectivity index (χ1) is 9.69. The summed E-state index contributed by atoms with van der Waals surface area (Å²) in [6.45, 7) is 2.90. The normalized spacial score (nSPS) is 24.6. The summed E-state index contributed by atoms with van der Waals surface area (Å²) in [6.07, 6.45) is 7.40. The van der Waals surface area contributed by atoms with E-state index < -0.39 is 6.10 Å². The van der Waals surface area contributed by atoms with E-state index >= 15 is 0 Å². The van der Waals surface area contributed by atoms with Gasteiger partial charge in [0.1, 0.15) is 0 Å². The molecule has 0 aliphatic heterocycles. The van der Waals surface area contributed by atoms with Crippen LogP contribution in [0.3, 0.4) is 0 Å². The molecule has 20 heavy (non-hydrogen) atoms. The predicted molar refractivity (Wildman–Crippen MR) is 85.1 cm³/mol. The van der Waals surface area contributed by atoms with Crippen molar-refractivity contribution < 1.29 is 5.11 Å². The summed E-state index contributed by atoms with van der Waals surface area (Å²) in [5.74, 6) is 0.930. The second-order valence-electron chi connectivity index (χ2n) is 5.98. The van der Waals surface area contributed by atoms with Crippen LogP contribution in [-0.4, -0.2) is 17.7 Å². The Balaban J connectivity index is 1.71. The van der Waals surface area contributed by atoms with Gasteiger partial charge in [-0.3, -0.25) is 0 Å². The molecule has 0 heterocycles. The molecule has 1 aromatic rings. The lowest BCUT2D eigenvalue weighted by Gasteiger charge is -2.29. The number of aliphatic hydroxyl groups is 1. The smallest absolute Gasteiger partial charge is 0.0914 e. The molecule has 0 aromatic heterocycles. The molecule has 1 aliphatic rings. The van der Waals surface area contributed by atoms with E-state index in [2.05, 4.69) is 12.2 Å². The zero-order valence-corrected chi connectivity index (χ0v) is 13.1. The fourth-order valence-electron chi connectivity index (χ4n) is 3.14. The Morgan fingerprint density at radius 3 is 2.45 bits per heavy atom. The van der Waals surface area contributed by atoms with E-state index in [0.29, 0.717) is 17.6 Å². The van der Waals surface area contributed by atoms with Crippen molar-refractivity contribution in [2.75, 3.05) is 6.54 Å². The summed E-state index contributed by atoms with van der Waals surface area (Å²) in [5, 5.41) is 14.4. The average molecular weight is 296 g/mol. The Hall–Kier alpha value is -0.570. The lowest BCUT2D eigenvalue weighted by molar-refractivity contribution is 0.161. The van der Waals surface area contributed by atoms with Crippen LogP contribution in [0.1, 0.15) is 57.1 Å². The maximum absolute atomic E-state index is 10.2. The van der Waals surface area contributed by atoms with E-state index in [9.17, 15) is 5.11 Å². The second-order valence-corrected chi connectivity index (χ2v) is 6.42. The molecule has 1 unspecified atom stereocenters. The van der Waals surface area contributed by atoms with Gasteiger partial charge in [-0.05, 0) is 49.3 Å². The van der Waals surface area contributed by atoms with Gasteiger partial charge in [-0.2, -0.15) is 0 Å². The van der Waals surface area contributed by atoms with Crippen molar-refractivity contribution in [3.63, 3.8) is 0 Å². The first-order valence-electron chi connectivity index (χ1n) is 7.86. The molecule has 0 bridgehead atoms. The van der Waals surface area contributed by atoms with Gasteiger partial charge in [0.25, 0.3) is 0 Å². The molecule has 0 amide bonds. The van der Waals surface area contributed by atoms with E-state index in [4.69, 9.17) is 11.6 Å². The van der Waals surface area contributed by atoms with E-state index in [0.717, 1.165) is 11.5 Å². The van der Waals surface area contributed by atoms with Crippen LogP contribution >= 0.6 is 11.6 Å². The fraction of sp³-hybridized carbons (Fsp3) is 0.647. The number of rotatable bonds is 6. The van der Waals surface area contributed by atoms with Crippen LogP contribution < -0.4 is 5.32 Å². The van der Waals surface area contributed by atoms with Gasteiger partial charge in [0, 0.05) is 17.6 Å². The van der Waals surface area contributed by atoms with Crippen molar-refractivity contribution in [3.8, 4) is 0 Å². The molecule has 3 heteroatoms. The molecule has 2 rings (SSSR count). The van der Waals surface area contributed by atoms with E-state index in [1.54, 1.807) is 0 Å². The number of aliphatic hydroxyl groups excluding tert-OH is 1. The standard InChI is InChI=1S/C17H26ClNO/c1-2-3-13-4-10-16(11-5-13)19-12-17(20)14-6-8-15(18)9-7-14/h6-9,13,16-17,19-20H,2-5,10-12H2,1H3. The van der Waals surface area contributed by atoms with Crippen LogP contribution in [0.15, 0.2) is 24.3 Å². The highest BCUT2D eigenvalue weighted by molar-refractivity contribution is 6.30. The fourth-order valence-corrected chi connectivity index (χ4v) is 3.27. The summed E-state index contributed by atoms with van der Waals surface area (Å²) in [7, 11) is 0. The average Bonchev–Trinajstić information content (AvgIpc) is 2.47. The van der Waals surface area contributed by atoms with Crippen molar-refractivity contribution in [3.05, 3.63) is 34.9 Å². The monoisotopic (exact) mass is 295 g/mol. The summed E-state index contributed by atoms with van der Waals surface area (Å²) in [5.41, 5.74) is 0.932. The van der Waals surface area contributed by atoms with Crippen molar-refractivity contribution in [1.29, 1.82) is 0 Å². The lowest BCUT2D eigenvalue weighted by Crippen LogP contribution is -2.35. The first kappa shape index (κ1) is 15.8. The van der Waals surface area contributed by atoms with Gasteiger partial charge in [-0.1, -0.05) is 43.5 Å². The molecule has 1 aliphatic carbocycles. The van der Waals surface area contributed by atoms with E-state index in [-0.39, 0.29) is 0 Å². The van der Waals surface area contributed by atoms with Crippen molar-refractivity contribution >= 4 is 11.6 Å². The number of halogens is 1. The summed E-state index contributed by atoms with van der Waals surface area (Å²) in [6, 6.07) is 8.02. The van der Waals surface area contributed by atoms with Crippen LogP contribution in [0.2, 0.25) is 5.02 Å². The highest BCUT2D eigenvalue weighted by Gasteiger charge is 2.20. The maximum atomic E-state index is 10.2. The van der Waals surface area contributed by atoms with Crippen LogP contribution in [-0.2, 0) is 0 Å². The van der Waals surface area contributed by atoms with Gasteiger partial charge >= 0.3 is 0 Å². The molecular formula is C17H26ClNO. The Bertz CT molecular complexity index is 384. The van der Waals surface area contributed by atoms with Crippen LogP contribution in [0.25, 0.3) is 0 Å². The van der Waals surface area contributed by atoms with Crippen LogP contribution in [0.5, 0.6) is 0 Å². The number of hydrogen-bond donors (Lipinski definition) is 2. The quantitative estimate of drug-likeness (QED) is 0.819. The van der Waals surface area contributed by atoms with Crippen molar-refractivity contribution in [2.45, 2.75) is 57.6 Å². The predicted octanol–water partition coefficient (Wildman–Crippen LogP) is 4.32. The summed E-state index contributed by atoms with van der Waals surface area (Å²) in [4.78, 5) is 0. The lowest BCUT2D eigenvalue weighted by atomic mass is 9.83. The molecule has 0 saturated heterocycles. The van der Waals surface area contributed by atoms with Gasteiger partial charge in [-0.15, -0.1) is 0 Å². The number of nitrogens with one attached hydrogen (secondary N) is 1. The third kappa shape index (κ3) is 4.76. The zero-order valence-electron chi connectivity index (χ0n) is 12.3. The third-order valence-corrected chi connectivity index (χ3v) is 4.65. The maximum Gasteiger partial charge on any atom is 0.0914 e. The summed E-state index contributed by atoms with van der Waals surface area (Å²) < 4.78 is 0. The Morgan fingerprint density at radius 1 is 1.20 bits per heavy atom. The molecule has 1 saturated carbocycles. The third-order valence-electron chi connectivity index (χ3n) is 4.40. The van der Waals surface area contributed by atoms with Crippen molar-refractivity contribution in [1.82, 2.24) is 5.32 Å². The highest BCUT2D eigenvalue weighted by Crippen LogP contribution is 2.28. The van der Waals surface area contributed by atoms with Crippen LogP contribution in [0, 0.1) is 5.92 Å². The van der Waals surface area contributed by atoms with Gasteiger partial charge < -0.3 is 10.4 Å². The number of benzene rings is 1. The van der Waals surface area contributed by atoms with Crippen molar-refractivity contribution in [2.24, 2.45) is 5.92 Å². The molecule has 2 N–H and O–H groups in total. The molecule has 2 nitrogen and oxygen atoms in total. The summed E-state index contributed by atoms with van der Waals surface area (Å²) >= 11 is 5.86. The molecule has 112 valence electrons. The zero-order chi connectivity index (χ0) is 14.4. The molecule has 0 radical (unpaired) electrons. The highest BCUT2D eigenvalue weighted by atomic mass is 35.5. The Morgan fingerprint density at radius 2 is 1.85 bits per heavy atom. The van der Waals surface area contributed by atoms with E-state index in [1.165, 1.54) is 38.5 Å². The minimum atomic E-state index is -0.444. The van der Waals surface area contributed by atoms with Gasteiger partial charge in [0.15, 0.2) is 0 Å². The first-order valence-corrected chi connectivity index (χ1v) is 8.23. The minimum absolute atomic E-state index is 0.444. The minimum Gasteiger partial charge on any atom is -0.387 e. The Labute approximate surface area is 127 Å². The largest absolute Gasteiger partial charge is 0.387 e. The molecular weight excluding hydrogens is 270 g/mol. The van der Waals surface area contributed by atoms with Crippen LogP contribution in [0.4, 0.5) is 0 Å². The number of hydrogen-bond acceptors (Lipinski definition) is 2. The van der Waals surface area contributed by atoms with E-state index in [1.807, 2.05) is 24.3 Å². The molecule has 0 spiro atoms. The van der Waals surface area contributed by atoms with Gasteiger partial charge in [-0.25, -0.2) is 0 Å².